The van der Waals surface area contributed by atoms with E-state index < -0.39 is 0 Å². The van der Waals surface area contributed by atoms with Gasteiger partial charge in [0.05, 0.1) is 6.20 Å². The van der Waals surface area contributed by atoms with Crippen LogP contribution in [0.1, 0.15) is 43.6 Å². The van der Waals surface area contributed by atoms with Gasteiger partial charge in [-0.2, -0.15) is 15.4 Å². The zero-order chi connectivity index (χ0) is 13.0. The van der Waals surface area contributed by atoms with Crippen LogP contribution in [0.4, 0.5) is 0 Å². The van der Waals surface area contributed by atoms with Crippen molar-refractivity contribution < 1.29 is 4.79 Å². The summed E-state index contributed by atoms with van der Waals surface area (Å²) in [5, 5.41) is 13.5. The number of nitrogens with zero attached hydrogens (tertiary/aromatic N) is 3. The van der Waals surface area contributed by atoms with Gasteiger partial charge in [-0.15, -0.1) is 0 Å². The van der Waals surface area contributed by atoms with Crippen molar-refractivity contribution in [2.75, 3.05) is 13.1 Å². The molecule has 2 heterocycles. The van der Waals surface area contributed by atoms with Gasteiger partial charge in [0.15, 0.2) is 5.69 Å². The van der Waals surface area contributed by atoms with Crippen LogP contribution in [0.3, 0.4) is 0 Å². The summed E-state index contributed by atoms with van der Waals surface area (Å²) in [6, 6.07) is 0.565. The lowest BCUT2D eigenvalue weighted by molar-refractivity contribution is 0.0670. The highest BCUT2D eigenvalue weighted by Crippen LogP contribution is 2.12. The molecule has 0 saturated carbocycles. The fourth-order valence-corrected chi connectivity index (χ4v) is 2.30. The highest BCUT2D eigenvalue weighted by molar-refractivity contribution is 5.92. The van der Waals surface area contributed by atoms with Gasteiger partial charge in [0.1, 0.15) is 0 Å². The van der Waals surface area contributed by atoms with Gasteiger partial charge in [-0.1, -0.05) is 6.42 Å². The molecule has 1 aromatic heterocycles. The lowest BCUT2D eigenvalue weighted by Crippen LogP contribution is -2.48. The van der Waals surface area contributed by atoms with Gasteiger partial charge in [-0.3, -0.25) is 4.79 Å². The van der Waals surface area contributed by atoms with Crippen LogP contribution in [0.5, 0.6) is 0 Å². The second kappa shape index (κ2) is 5.95. The molecule has 0 aliphatic carbocycles. The third kappa shape index (κ3) is 3.07. The van der Waals surface area contributed by atoms with Gasteiger partial charge >= 0.3 is 0 Å². The van der Waals surface area contributed by atoms with E-state index in [0.717, 1.165) is 19.5 Å². The van der Waals surface area contributed by atoms with Crippen molar-refractivity contribution in [2.24, 2.45) is 0 Å². The second-order valence-corrected chi connectivity index (χ2v) is 5.05. The number of H-pyrrole nitrogens is 1. The van der Waals surface area contributed by atoms with E-state index in [1.165, 1.54) is 19.0 Å². The van der Waals surface area contributed by atoms with Gasteiger partial charge in [-0.25, -0.2) is 0 Å². The molecule has 1 atom stereocenters. The number of carbonyl (C=O) groups excluding carboxylic acids is 1. The Labute approximate surface area is 107 Å². The fourth-order valence-electron chi connectivity index (χ4n) is 2.30. The topological polar surface area (TPSA) is 73.9 Å². The molecule has 2 N–H and O–H groups in total. The summed E-state index contributed by atoms with van der Waals surface area (Å²) < 4.78 is 0. The van der Waals surface area contributed by atoms with Crippen LogP contribution in [0.15, 0.2) is 6.20 Å². The molecule has 2 rings (SSSR count). The van der Waals surface area contributed by atoms with Crippen LogP contribution in [0, 0.1) is 0 Å². The van der Waals surface area contributed by atoms with Gasteiger partial charge in [-0.05, 0) is 33.2 Å². The average molecular weight is 251 g/mol. The van der Waals surface area contributed by atoms with Crippen LogP contribution in [-0.4, -0.2) is 51.4 Å². The minimum absolute atomic E-state index is 0.0499. The number of rotatable bonds is 4. The molecule has 1 aliphatic rings. The van der Waals surface area contributed by atoms with E-state index in [1.54, 1.807) is 0 Å². The number of aromatic nitrogens is 3. The van der Waals surface area contributed by atoms with Gasteiger partial charge in [0, 0.05) is 18.6 Å². The highest BCUT2D eigenvalue weighted by atomic mass is 16.2. The van der Waals surface area contributed by atoms with Crippen molar-refractivity contribution >= 4 is 5.91 Å². The minimum atomic E-state index is -0.0499. The number of piperidine rings is 1. The Kier molecular flexibility index (Phi) is 4.30. The molecule has 0 radical (unpaired) electrons. The molecule has 1 amide bonds. The Hall–Kier alpha value is -1.43. The van der Waals surface area contributed by atoms with E-state index in [9.17, 15) is 4.79 Å². The predicted molar refractivity (Wildman–Crippen MR) is 68.2 cm³/mol. The molecule has 0 bridgehead atoms. The summed E-state index contributed by atoms with van der Waals surface area (Å²) in [5.41, 5.74) is 0.388. The number of amides is 1. The Bertz CT molecular complexity index is 370. The normalized spacial score (nSPS) is 20.1. The summed E-state index contributed by atoms with van der Waals surface area (Å²) >= 11 is 0. The van der Waals surface area contributed by atoms with Crippen molar-refractivity contribution in [1.29, 1.82) is 0 Å². The third-order valence-electron chi connectivity index (χ3n) is 3.35. The van der Waals surface area contributed by atoms with Crippen molar-refractivity contribution in [3.05, 3.63) is 11.9 Å². The van der Waals surface area contributed by atoms with Crippen molar-refractivity contribution in [3.8, 4) is 0 Å². The maximum absolute atomic E-state index is 12.3. The second-order valence-electron chi connectivity index (χ2n) is 5.05. The quantitative estimate of drug-likeness (QED) is 0.830. The lowest BCUT2D eigenvalue weighted by atomic mass is 10.0. The first-order valence-corrected chi connectivity index (χ1v) is 6.58. The summed E-state index contributed by atoms with van der Waals surface area (Å²) in [5.74, 6) is -0.0499. The first-order valence-electron chi connectivity index (χ1n) is 6.58. The molecule has 1 aromatic rings. The molecular formula is C12H21N5O. The van der Waals surface area contributed by atoms with Crippen LogP contribution in [-0.2, 0) is 0 Å². The maximum atomic E-state index is 12.3. The summed E-state index contributed by atoms with van der Waals surface area (Å²) in [6.45, 7) is 5.85. The van der Waals surface area contributed by atoms with Crippen molar-refractivity contribution in [1.82, 2.24) is 25.6 Å². The molecule has 6 nitrogen and oxygen atoms in total. The smallest absolute Gasteiger partial charge is 0.276 e. The van der Waals surface area contributed by atoms with Crippen molar-refractivity contribution in [3.63, 3.8) is 0 Å². The standard InChI is InChI=1S/C12H21N5O/c1-9(2)17(8-10-5-3-4-6-13-10)12(18)11-7-14-16-15-11/h7,9-10,13H,3-6,8H2,1-2H3,(H,14,15,16). The first-order chi connectivity index (χ1) is 8.68. The van der Waals surface area contributed by atoms with E-state index >= 15 is 0 Å². The average Bonchev–Trinajstić information content (AvgIpc) is 2.90. The minimum Gasteiger partial charge on any atom is -0.333 e. The molecule has 18 heavy (non-hydrogen) atoms. The van der Waals surface area contributed by atoms with E-state index in [1.807, 2.05) is 18.7 Å². The first kappa shape index (κ1) is 13.0. The highest BCUT2D eigenvalue weighted by Gasteiger charge is 2.24. The summed E-state index contributed by atoms with van der Waals surface area (Å²) in [4.78, 5) is 14.2. The lowest BCUT2D eigenvalue weighted by Gasteiger charge is -2.32. The molecule has 1 saturated heterocycles. The van der Waals surface area contributed by atoms with Crippen LogP contribution >= 0.6 is 0 Å². The molecule has 1 unspecified atom stereocenters. The van der Waals surface area contributed by atoms with Crippen LogP contribution in [0.2, 0.25) is 0 Å². The third-order valence-corrected chi connectivity index (χ3v) is 3.35. The summed E-state index contributed by atoms with van der Waals surface area (Å²) in [7, 11) is 0. The largest absolute Gasteiger partial charge is 0.333 e. The van der Waals surface area contributed by atoms with Gasteiger partial charge < -0.3 is 10.2 Å². The van der Waals surface area contributed by atoms with Crippen molar-refractivity contribution in [2.45, 2.75) is 45.2 Å². The fraction of sp³-hybridized carbons (Fsp3) is 0.750. The van der Waals surface area contributed by atoms with Crippen LogP contribution in [0.25, 0.3) is 0 Å². The Morgan fingerprint density at radius 1 is 1.56 bits per heavy atom. The zero-order valence-corrected chi connectivity index (χ0v) is 11.0. The Balaban J connectivity index is 2.01. The van der Waals surface area contributed by atoms with E-state index in [4.69, 9.17) is 0 Å². The molecule has 6 heteroatoms. The van der Waals surface area contributed by atoms with Crippen LogP contribution < -0.4 is 5.32 Å². The summed E-state index contributed by atoms with van der Waals surface area (Å²) in [6.07, 6.45) is 5.08. The van der Waals surface area contributed by atoms with E-state index in [-0.39, 0.29) is 11.9 Å². The molecular weight excluding hydrogens is 230 g/mol. The monoisotopic (exact) mass is 251 g/mol. The number of aromatic amines is 1. The van der Waals surface area contributed by atoms with E-state index in [0.29, 0.717) is 11.7 Å². The number of hydrogen-bond donors (Lipinski definition) is 2. The van der Waals surface area contributed by atoms with E-state index in [2.05, 4.69) is 20.7 Å². The zero-order valence-electron chi connectivity index (χ0n) is 11.0. The maximum Gasteiger partial charge on any atom is 0.276 e. The van der Waals surface area contributed by atoms with Gasteiger partial charge in [0.2, 0.25) is 0 Å². The molecule has 1 aliphatic heterocycles. The molecule has 0 aromatic carbocycles. The Morgan fingerprint density at radius 3 is 2.94 bits per heavy atom. The SMILES string of the molecule is CC(C)N(CC1CCCCN1)C(=O)c1cn[nH]n1. The number of hydrogen-bond acceptors (Lipinski definition) is 4. The molecule has 0 spiro atoms. The Morgan fingerprint density at radius 2 is 2.39 bits per heavy atom. The molecule has 1 fully saturated rings. The molecule has 100 valence electrons. The van der Waals surface area contributed by atoms with Gasteiger partial charge in [0.25, 0.3) is 5.91 Å². The predicted octanol–water partition coefficient (Wildman–Crippen LogP) is 0.797. The number of carbonyl (C=O) groups is 1. The number of nitrogens with one attached hydrogen (secondary N) is 2.